The summed E-state index contributed by atoms with van der Waals surface area (Å²) in [7, 11) is 1.80. The zero-order chi connectivity index (χ0) is 18.4. The van der Waals surface area contributed by atoms with Crippen molar-refractivity contribution in [2.45, 2.75) is 31.8 Å². The largest absolute Gasteiger partial charge is 0.381 e. The predicted octanol–water partition coefficient (Wildman–Crippen LogP) is 5.29. The van der Waals surface area contributed by atoms with Crippen molar-refractivity contribution in [3.63, 3.8) is 0 Å². The van der Waals surface area contributed by atoms with Crippen LogP contribution in [0, 0.1) is 17.8 Å². The van der Waals surface area contributed by atoms with E-state index in [9.17, 15) is 4.79 Å². The van der Waals surface area contributed by atoms with Gasteiger partial charge in [-0.1, -0.05) is 48.6 Å². The molecule has 1 heterocycles. The average Bonchev–Trinajstić information content (AvgIpc) is 2.89. The van der Waals surface area contributed by atoms with Gasteiger partial charge in [-0.2, -0.15) is 0 Å². The van der Waals surface area contributed by atoms with Crippen molar-refractivity contribution in [1.29, 1.82) is 0 Å². The summed E-state index contributed by atoms with van der Waals surface area (Å²) in [5.41, 5.74) is 4.19. The van der Waals surface area contributed by atoms with Crippen LogP contribution in [0.15, 0.2) is 48.5 Å². The van der Waals surface area contributed by atoms with Gasteiger partial charge in [0.15, 0.2) is 0 Å². The highest BCUT2D eigenvalue weighted by Gasteiger charge is 2.48. The molecule has 2 aromatic rings. The van der Waals surface area contributed by atoms with Crippen LogP contribution in [-0.4, -0.2) is 19.1 Å². The van der Waals surface area contributed by atoms with E-state index < -0.39 is 0 Å². The van der Waals surface area contributed by atoms with Gasteiger partial charge < -0.3 is 4.74 Å². The molecule has 27 heavy (non-hydrogen) atoms. The number of amides is 1. The SMILES string of the molecule is COC1C[C@H]2CC[C@@H](C1)C2C(=O)N1c2ccccc2C=Cc2ccccc21. The number of benzene rings is 2. The van der Waals surface area contributed by atoms with Crippen LogP contribution in [0.2, 0.25) is 0 Å². The molecule has 0 saturated heterocycles. The van der Waals surface area contributed by atoms with Gasteiger partial charge in [-0.05, 0) is 60.8 Å². The normalized spacial score (nSPS) is 28.4. The van der Waals surface area contributed by atoms with Gasteiger partial charge >= 0.3 is 0 Å². The summed E-state index contributed by atoms with van der Waals surface area (Å²) >= 11 is 0. The Hall–Kier alpha value is -2.39. The molecule has 0 N–H and O–H groups in total. The Bertz CT molecular complexity index is 839. The average molecular weight is 359 g/mol. The van der Waals surface area contributed by atoms with E-state index in [-0.39, 0.29) is 11.8 Å². The maximum absolute atomic E-state index is 13.9. The fraction of sp³-hybridized carbons (Fsp3) is 0.375. The molecule has 0 aromatic heterocycles. The smallest absolute Gasteiger partial charge is 0.235 e. The first-order valence-electron chi connectivity index (χ1n) is 9.99. The monoisotopic (exact) mass is 359 g/mol. The Labute approximate surface area is 160 Å². The number of fused-ring (bicyclic) bond motifs is 4. The highest BCUT2D eigenvalue weighted by molar-refractivity contribution is 6.07. The van der Waals surface area contributed by atoms with Crippen LogP contribution in [0.4, 0.5) is 11.4 Å². The van der Waals surface area contributed by atoms with Gasteiger partial charge in [0.25, 0.3) is 0 Å². The summed E-state index contributed by atoms with van der Waals surface area (Å²) < 4.78 is 5.64. The standard InChI is InChI=1S/C24H25NO2/c1-27-20-14-18-12-13-19(15-20)23(18)24(26)25-21-8-4-2-6-16(21)10-11-17-7-3-5-9-22(17)25/h2-11,18-20,23H,12-15H2,1H3/t18-,19+,20?,23?. The molecule has 1 aliphatic heterocycles. The molecule has 0 radical (unpaired) electrons. The number of ether oxygens (including phenoxy) is 1. The second-order valence-electron chi connectivity index (χ2n) is 8.08. The van der Waals surface area contributed by atoms with Gasteiger partial charge in [0.1, 0.15) is 0 Å². The molecule has 1 amide bonds. The maximum atomic E-state index is 13.9. The van der Waals surface area contributed by atoms with Crippen molar-refractivity contribution in [3.8, 4) is 0 Å². The molecule has 2 fully saturated rings. The number of hydrogen-bond donors (Lipinski definition) is 0. The van der Waals surface area contributed by atoms with Crippen molar-refractivity contribution in [1.82, 2.24) is 0 Å². The van der Waals surface area contributed by atoms with E-state index in [0.29, 0.717) is 17.9 Å². The van der Waals surface area contributed by atoms with Gasteiger partial charge in [0.2, 0.25) is 5.91 Å². The number of carbonyl (C=O) groups excluding carboxylic acids is 1. The highest BCUT2D eigenvalue weighted by atomic mass is 16.5. The molecule has 2 unspecified atom stereocenters. The zero-order valence-corrected chi connectivity index (χ0v) is 15.7. The Morgan fingerprint density at radius 3 is 1.93 bits per heavy atom. The van der Waals surface area contributed by atoms with E-state index >= 15 is 0 Å². The molecule has 138 valence electrons. The molecule has 3 aliphatic rings. The van der Waals surface area contributed by atoms with Crippen LogP contribution >= 0.6 is 0 Å². The number of nitrogens with zero attached hydrogens (tertiary/aromatic N) is 1. The lowest BCUT2D eigenvalue weighted by atomic mass is 9.76. The Balaban J connectivity index is 1.58. The number of para-hydroxylation sites is 2. The Morgan fingerprint density at radius 1 is 0.889 bits per heavy atom. The first-order valence-corrected chi connectivity index (χ1v) is 9.99. The van der Waals surface area contributed by atoms with Crippen LogP contribution in [0.25, 0.3) is 12.2 Å². The van der Waals surface area contributed by atoms with Crippen LogP contribution in [-0.2, 0) is 9.53 Å². The molecule has 4 atom stereocenters. The van der Waals surface area contributed by atoms with E-state index in [1.807, 2.05) is 29.2 Å². The third kappa shape index (κ3) is 2.72. The molecule has 2 saturated carbocycles. The van der Waals surface area contributed by atoms with Crippen molar-refractivity contribution in [3.05, 3.63) is 59.7 Å². The van der Waals surface area contributed by atoms with Crippen LogP contribution in [0.1, 0.15) is 36.8 Å². The van der Waals surface area contributed by atoms with E-state index in [0.717, 1.165) is 48.2 Å². The van der Waals surface area contributed by atoms with Gasteiger partial charge in [-0.15, -0.1) is 0 Å². The molecule has 2 aliphatic carbocycles. The van der Waals surface area contributed by atoms with Crippen molar-refractivity contribution < 1.29 is 9.53 Å². The lowest BCUT2D eigenvalue weighted by Crippen LogP contribution is -2.42. The minimum absolute atomic E-state index is 0.107. The number of rotatable bonds is 2. The minimum Gasteiger partial charge on any atom is -0.381 e. The first-order chi connectivity index (χ1) is 13.3. The number of carbonyl (C=O) groups is 1. The number of methoxy groups -OCH3 is 1. The van der Waals surface area contributed by atoms with Crippen molar-refractivity contribution in [2.24, 2.45) is 17.8 Å². The topological polar surface area (TPSA) is 29.5 Å². The van der Waals surface area contributed by atoms with E-state index in [1.54, 1.807) is 7.11 Å². The molecular weight excluding hydrogens is 334 g/mol. The quantitative estimate of drug-likeness (QED) is 0.729. The van der Waals surface area contributed by atoms with E-state index in [1.165, 1.54) is 0 Å². The number of anilines is 2. The molecular formula is C24H25NO2. The second-order valence-corrected chi connectivity index (χ2v) is 8.08. The molecule has 2 aromatic carbocycles. The fourth-order valence-corrected chi connectivity index (χ4v) is 5.43. The molecule has 5 rings (SSSR count). The maximum Gasteiger partial charge on any atom is 0.235 e. The zero-order valence-electron chi connectivity index (χ0n) is 15.7. The third-order valence-electron chi connectivity index (χ3n) is 6.69. The molecule has 3 heteroatoms. The van der Waals surface area contributed by atoms with Crippen molar-refractivity contribution >= 4 is 29.4 Å². The first kappa shape index (κ1) is 16.8. The highest BCUT2D eigenvalue weighted by Crippen LogP contribution is 2.50. The Kier molecular flexibility index (Phi) is 4.13. The third-order valence-corrected chi connectivity index (χ3v) is 6.69. The van der Waals surface area contributed by atoms with Gasteiger partial charge in [0.05, 0.1) is 17.5 Å². The lowest BCUT2D eigenvalue weighted by molar-refractivity contribution is -0.126. The van der Waals surface area contributed by atoms with E-state index in [2.05, 4.69) is 36.4 Å². The second kappa shape index (κ2) is 6.65. The van der Waals surface area contributed by atoms with Gasteiger partial charge in [-0.3, -0.25) is 9.69 Å². The predicted molar refractivity (Wildman–Crippen MR) is 109 cm³/mol. The summed E-state index contributed by atoms with van der Waals surface area (Å²) in [6.45, 7) is 0. The number of hydrogen-bond acceptors (Lipinski definition) is 2. The van der Waals surface area contributed by atoms with Crippen LogP contribution in [0.5, 0.6) is 0 Å². The van der Waals surface area contributed by atoms with Crippen LogP contribution in [0.3, 0.4) is 0 Å². The van der Waals surface area contributed by atoms with Gasteiger partial charge in [-0.25, -0.2) is 0 Å². The molecule has 2 bridgehead atoms. The summed E-state index contributed by atoms with van der Waals surface area (Å²) in [6, 6.07) is 16.5. The summed E-state index contributed by atoms with van der Waals surface area (Å²) in [5.74, 6) is 1.25. The summed E-state index contributed by atoms with van der Waals surface area (Å²) in [6.07, 6.45) is 8.89. The van der Waals surface area contributed by atoms with E-state index in [4.69, 9.17) is 4.74 Å². The summed E-state index contributed by atoms with van der Waals surface area (Å²) in [5, 5.41) is 0. The summed E-state index contributed by atoms with van der Waals surface area (Å²) in [4.78, 5) is 15.9. The Morgan fingerprint density at radius 2 is 1.41 bits per heavy atom. The minimum atomic E-state index is 0.107. The lowest BCUT2D eigenvalue weighted by Gasteiger charge is -2.37. The van der Waals surface area contributed by atoms with Gasteiger partial charge in [0, 0.05) is 13.0 Å². The molecule has 3 nitrogen and oxygen atoms in total. The molecule has 0 spiro atoms. The van der Waals surface area contributed by atoms with Crippen molar-refractivity contribution in [2.75, 3.05) is 12.0 Å². The fourth-order valence-electron chi connectivity index (χ4n) is 5.43. The van der Waals surface area contributed by atoms with Crippen LogP contribution < -0.4 is 4.90 Å².